The highest BCUT2D eigenvalue weighted by Crippen LogP contribution is 2.42. The number of nitrogens with zero attached hydrogens (tertiary/aromatic N) is 2. The van der Waals surface area contributed by atoms with Crippen LogP contribution >= 0.6 is 24.0 Å². The van der Waals surface area contributed by atoms with Gasteiger partial charge < -0.3 is 0 Å². The third-order valence-electron chi connectivity index (χ3n) is 3.37. The summed E-state index contributed by atoms with van der Waals surface area (Å²) >= 11 is 6.89. The number of benzene rings is 1. The lowest BCUT2D eigenvalue weighted by Gasteiger charge is -2.12. The van der Waals surface area contributed by atoms with Crippen molar-refractivity contribution < 1.29 is 0 Å². The van der Waals surface area contributed by atoms with Gasteiger partial charge in [-0.2, -0.15) is 0 Å². The minimum Gasteiger partial charge on any atom is -0.300 e. The molecule has 5 heteroatoms. The first-order valence-corrected chi connectivity index (χ1v) is 7.16. The summed E-state index contributed by atoms with van der Waals surface area (Å²) in [5.41, 5.74) is 1.78. The van der Waals surface area contributed by atoms with Crippen molar-refractivity contribution in [1.82, 2.24) is 9.55 Å². The number of aryl methyl sites for hydroxylation is 1. The Morgan fingerprint density at radius 3 is 2.68 bits per heavy atom. The van der Waals surface area contributed by atoms with Crippen molar-refractivity contribution in [1.29, 1.82) is 0 Å². The molecule has 1 aromatic heterocycles. The van der Waals surface area contributed by atoms with Gasteiger partial charge in [0.25, 0.3) is 5.56 Å². The molecule has 0 fully saturated rings. The minimum atomic E-state index is -0.122. The third-order valence-corrected chi connectivity index (χ3v) is 4.80. The molecule has 0 saturated heterocycles. The monoisotopic (exact) mass is 288 g/mol. The number of hydrogen-bond acceptors (Lipinski definition) is 4. The summed E-state index contributed by atoms with van der Waals surface area (Å²) in [7, 11) is 1.75. The lowest BCUT2D eigenvalue weighted by Crippen LogP contribution is -2.26. The second-order valence-corrected chi connectivity index (χ2v) is 6.24. The first-order chi connectivity index (χ1) is 9.09. The van der Waals surface area contributed by atoms with Crippen LogP contribution in [0.25, 0.3) is 0 Å². The van der Waals surface area contributed by atoms with Gasteiger partial charge in [-0.3, -0.25) is 9.36 Å². The van der Waals surface area contributed by atoms with Gasteiger partial charge >= 0.3 is 0 Å². The van der Waals surface area contributed by atoms with Crippen molar-refractivity contribution in [3.63, 3.8) is 0 Å². The summed E-state index contributed by atoms with van der Waals surface area (Å²) in [6.07, 6.45) is 0. The Morgan fingerprint density at radius 1 is 1.32 bits per heavy atom. The van der Waals surface area contributed by atoms with Crippen molar-refractivity contribution in [2.75, 3.05) is 0 Å². The minimum absolute atomic E-state index is 0.00343. The van der Waals surface area contributed by atoms with Gasteiger partial charge in [-0.1, -0.05) is 54.3 Å². The third kappa shape index (κ3) is 1.93. The molecular formula is C14H12N2OS2. The molecule has 0 saturated carbocycles. The molecule has 0 spiro atoms. The molecular weight excluding hydrogens is 276 g/mol. The predicted molar refractivity (Wildman–Crippen MR) is 81.0 cm³/mol. The van der Waals surface area contributed by atoms with Crippen LogP contribution in [0.1, 0.15) is 22.9 Å². The molecule has 19 heavy (non-hydrogen) atoms. The fraction of sp³-hybridized carbons (Fsp3) is 0.214. The molecule has 1 aromatic carbocycles. The maximum Gasteiger partial charge on any atom is 0.258 e. The molecule has 1 aliphatic rings. The number of thiocarbonyl (C=S) groups is 1. The molecule has 1 aliphatic heterocycles. The summed E-state index contributed by atoms with van der Waals surface area (Å²) in [5.74, 6) is 0.593. The normalized spacial score (nSPS) is 17.6. The molecule has 2 aromatic rings. The van der Waals surface area contributed by atoms with Crippen LogP contribution in [0.3, 0.4) is 0 Å². The number of fused-ring (bicyclic) bond motifs is 1. The van der Waals surface area contributed by atoms with Gasteiger partial charge in [0.1, 0.15) is 10.9 Å². The first kappa shape index (κ1) is 12.6. The Balaban J connectivity index is 2.26. The maximum atomic E-state index is 12.5. The highest BCUT2D eigenvalue weighted by Gasteiger charge is 2.34. The van der Waals surface area contributed by atoms with Crippen molar-refractivity contribution in [2.45, 2.75) is 17.9 Å². The van der Waals surface area contributed by atoms with Gasteiger partial charge in [-0.25, -0.2) is 4.98 Å². The van der Waals surface area contributed by atoms with Crippen molar-refractivity contribution >= 4 is 28.2 Å². The highest BCUT2D eigenvalue weighted by molar-refractivity contribution is 8.23. The number of thioether (sulfide) groups is 1. The van der Waals surface area contributed by atoms with Crippen molar-refractivity contribution in [2.24, 2.45) is 7.05 Å². The van der Waals surface area contributed by atoms with E-state index in [1.165, 1.54) is 11.8 Å². The largest absolute Gasteiger partial charge is 0.300 e. The lowest BCUT2D eigenvalue weighted by molar-refractivity contribution is 0.725. The highest BCUT2D eigenvalue weighted by atomic mass is 32.2. The Kier molecular flexibility index (Phi) is 3.03. The zero-order chi connectivity index (χ0) is 13.6. The van der Waals surface area contributed by atoms with Crippen LogP contribution in [-0.4, -0.2) is 13.7 Å². The molecule has 2 heterocycles. The SMILES string of the molecule is Cc1nc2c(c(=O)n1C)[C@H](c1ccccc1)C(=S)S2. The van der Waals surface area contributed by atoms with Gasteiger partial charge in [0.15, 0.2) is 0 Å². The quantitative estimate of drug-likeness (QED) is 0.597. The van der Waals surface area contributed by atoms with Crippen LogP contribution in [-0.2, 0) is 7.05 Å². The van der Waals surface area contributed by atoms with E-state index in [9.17, 15) is 4.79 Å². The Labute approximate surface area is 120 Å². The van der Waals surface area contributed by atoms with Crippen LogP contribution in [0.4, 0.5) is 0 Å². The topological polar surface area (TPSA) is 34.9 Å². The van der Waals surface area contributed by atoms with Gasteiger partial charge in [0.2, 0.25) is 0 Å². The number of rotatable bonds is 1. The fourth-order valence-electron chi connectivity index (χ4n) is 2.25. The van der Waals surface area contributed by atoms with Crippen LogP contribution in [0.2, 0.25) is 0 Å². The predicted octanol–water partition coefficient (Wildman–Crippen LogP) is 2.65. The second-order valence-electron chi connectivity index (χ2n) is 4.51. The molecule has 1 atom stereocenters. The Hall–Kier alpha value is -1.46. The van der Waals surface area contributed by atoms with E-state index in [1.807, 2.05) is 37.3 Å². The average Bonchev–Trinajstić information content (AvgIpc) is 2.73. The van der Waals surface area contributed by atoms with Crippen LogP contribution < -0.4 is 5.56 Å². The molecule has 3 rings (SSSR count). The molecule has 0 unspecified atom stereocenters. The van der Waals surface area contributed by atoms with Gasteiger partial charge in [0, 0.05) is 7.05 Å². The van der Waals surface area contributed by atoms with E-state index in [0.29, 0.717) is 11.4 Å². The zero-order valence-electron chi connectivity index (χ0n) is 10.6. The molecule has 0 aliphatic carbocycles. The number of hydrogen-bond donors (Lipinski definition) is 0. The second kappa shape index (κ2) is 4.58. The molecule has 96 valence electrons. The van der Waals surface area contributed by atoms with E-state index in [2.05, 4.69) is 4.98 Å². The van der Waals surface area contributed by atoms with E-state index in [4.69, 9.17) is 12.2 Å². The van der Waals surface area contributed by atoms with Crippen molar-refractivity contribution in [3.05, 3.63) is 57.6 Å². The van der Waals surface area contributed by atoms with E-state index in [-0.39, 0.29) is 11.5 Å². The van der Waals surface area contributed by atoms with Gasteiger partial charge in [0.05, 0.1) is 15.7 Å². The molecule has 0 radical (unpaired) electrons. The zero-order valence-corrected chi connectivity index (χ0v) is 12.2. The van der Waals surface area contributed by atoms with Crippen LogP contribution in [0, 0.1) is 6.92 Å². The van der Waals surface area contributed by atoms with E-state index in [0.717, 1.165) is 14.8 Å². The van der Waals surface area contributed by atoms with E-state index >= 15 is 0 Å². The van der Waals surface area contributed by atoms with Crippen molar-refractivity contribution in [3.8, 4) is 0 Å². The van der Waals surface area contributed by atoms with Crippen LogP contribution in [0.5, 0.6) is 0 Å². The number of aromatic nitrogens is 2. The standard InChI is InChI=1S/C14H12N2OS2/c1-8-15-12-11(13(17)16(8)2)10(14(18)19-12)9-6-4-3-5-7-9/h3-7,10H,1-2H3/t10-/m0/s1. The summed E-state index contributed by atoms with van der Waals surface area (Å²) in [6, 6.07) is 9.90. The molecule has 0 N–H and O–H groups in total. The first-order valence-electron chi connectivity index (χ1n) is 5.93. The molecule has 0 amide bonds. The summed E-state index contributed by atoms with van der Waals surface area (Å²) in [5, 5.41) is 0.763. The Bertz CT molecular complexity index is 722. The average molecular weight is 288 g/mol. The van der Waals surface area contributed by atoms with E-state index in [1.54, 1.807) is 11.6 Å². The van der Waals surface area contributed by atoms with E-state index < -0.39 is 0 Å². The summed E-state index contributed by atoms with van der Waals surface area (Å²) in [6.45, 7) is 1.83. The van der Waals surface area contributed by atoms with Crippen LogP contribution in [0.15, 0.2) is 40.2 Å². The fourth-order valence-corrected chi connectivity index (χ4v) is 3.79. The lowest BCUT2D eigenvalue weighted by atomic mass is 9.95. The summed E-state index contributed by atoms with van der Waals surface area (Å²) < 4.78 is 2.39. The molecule has 3 nitrogen and oxygen atoms in total. The van der Waals surface area contributed by atoms with Gasteiger partial charge in [-0.15, -0.1) is 0 Å². The Morgan fingerprint density at radius 2 is 2.00 bits per heavy atom. The molecule has 0 bridgehead atoms. The smallest absolute Gasteiger partial charge is 0.258 e. The summed E-state index contributed by atoms with van der Waals surface area (Å²) in [4.78, 5) is 16.9. The maximum absolute atomic E-state index is 12.5. The van der Waals surface area contributed by atoms with Gasteiger partial charge in [-0.05, 0) is 12.5 Å².